The van der Waals surface area contributed by atoms with Gasteiger partial charge in [0.2, 0.25) is 0 Å². The Balaban J connectivity index is 2.33. The van der Waals surface area contributed by atoms with Gasteiger partial charge in [-0.2, -0.15) is 0 Å². The van der Waals surface area contributed by atoms with E-state index in [2.05, 4.69) is 17.1 Å². The van der Waals surface area contributed by atoms with Gasteiger partial charge in [0.05, 0.1) is 6.26 Å². The van der Waals surface area contributed by atoms with Crippen molar-refractivity contribution in [2.45, 2.75) is 0 Å². The Morgan fingerprint density at radius 2 is 1.93 bits per heavy atom. The largest absolute Gasteiger partial charge is 0.464 e. The molecule has 2 aromatic heterocycles. The van der Waals surface area contributed by atoms with Crippen LogP contribution in [0.4, 0.5) is 0 Å². The van der Waals surface area contributed by atoms with Crippen molar-refractivity contribution < 1.29 is 4.42 Å². The number of fused-ring (bicyclic) bond motifs is 1. The van der Waals surface area contributed by atoms with Gasteiger partial charge in [0.1, 0.15) is 5.76 Å². The molecular weight excluding hydrogens is 174 g/mol. The molecule has 3 aromatic rings. The molecule has 0 bridgehead atoms. The van der Waals surface area contributed by atoms with Gasteiger partial charge in [-0.1, -0.05) is 18.2 Å². The second-order valence-corrected chi connectivity index (χ2v) is 3.23. The van der Waals surface area contributed by atoms with E-state index in [9.17, 15) is 0 Å². The van der Waals surface area contributed by atoms with E-state index in [4.69, 9.17) is 4.42 Å². The molecule has 2 nitrogen and oxygen atoms in total. The maximum atomic E-state index is 5.37. The van der Waals surface area contributed by atoms with E-state index >= 15 is 0 Å². The zero-order valence-electron chi connectivity index (χ0n) is 7.53. The van der Waals surface area contributed by atoms with Gasteiger partial charge in [-0.3, -0.25) is 0 Å². The van der Waals surface area contributed by atoms with Crippen LogP contribution in [-0.2, 0) is 0 Å². The molecule has 0 atom stereocenters. The van der Waals surface area contributed by atoms with Gasteiger partial charge in [-0.05, 0) is 18.2 Å². The lowest BCUT2D eigenvalue weighted by Crippen LogP contribution is -1.68. The Morgan fingerprint density at radius 3 is 2.79 bits per heavy atom. The summed E-state index contributed by atoms with van der Waals surface area (Å²) in [5.41, 5.74) is 2.25. The smallest absolute Gasteiger partial charge is 0.135 e. The number of rotatable bonds is 1. The number of benzene rings is 1. The fraction of sp³-hybridized carbons (Fsp3) is 0. The summed E-state index contributed by atoms with van der Waals surface area (Å²) < 4.78 is 5.37. The summed E-state index contributed by atoms with van der Waals surface area (Å²) >= 11 is 0. The highest BCUT2D eigenvalue weighted by Crippen LogP contribution is 2.28. The summed E-state index contributed by atoms with van der Waals surface area (Å²) in [6.45, 7) is 0. The van der Waals surface area contributed by atoms with Crippen LogP contribution < -0.4 is 0 Å². The van der Waals surface area contributed by atoms with Crippen molar-refractivity contribution in [2.75, 3.05) is 0 Å². The average Bonchev–Trinajstić information content (AvgIpc) is 2.85. The normalized spacial score (nSPS) is 10.9. The quantitative estimate of drug-likeness (QED) is 0.615. The molecule has 0 spiro atoms. The molecule has 1 aromatic carbocycles. The third-order valence-electron chi connectivity index (χ3n) is 2.38. The Hall–Kier alpha value is -1.96. The number of H-pyrrole nitrogens is 1. The van der Waals surface area contributed by atoms with Crippen molar-refractivity contribution in [3.8, 4) is 11.3 Å². The minimum atomic E-state index is 0.905. The minimum absolute atomic E-state index is 0.905. The summed E-state index contributed by atoms with van der Waals surface area (Å²) in [5, 5.41) is 1.20. The van der Waals surface area contributed by atoms with E-state index in [1.54, 1.807) is 6.26 Å². The summed E-state index contributed by atoms with van der Waals surface area (Å²) in [6.07, 6.45) is 3.67. The van der Waals surface area contributed by atoms with E-state index in [1.165, 1.54) is 5.39 Å². The number of nitrogens with one attached hydrogen (secondary N) is 1. The molecular formula is C12H9NO. The van der Waals surface area contributed by atoms with E-state index in [-0.39, 0.29) is 0 Å². The summed E-state index contributed by atoms with van der Waals surface area (Å²) in [5.74, 6) is 0.905. The maximum absolute atomic E-state index is 5.37. The number of hydrogen-bond donors (Lipinski definition) is 1. The Bertz CT molecular complexity index is 548. The van der Waals surface area contributed by atoms with Gasteiger partial charge in [-0.15, -0.1) is 0 Å². The molecule has 0 saturated heterocycles. The fourth-order valence-electron chi connectivity index (χ4n) is 1.71. The molecule has 0 fully saturated rings. The molecule has 0 amide bonds. The molecule has 0 unspecified atom stereocenters. The standard InChI is InChI=1S/C12H9NO/c1-2-5-11-9(4-1)10(8-13-11)12-6-3-7-14-12/h1-8,13H. The SMILES string of the molecule is c1coc(-c2c[nH]c3ccccc23)c1. The van der Waals surface area contributed by atoms with E-state index in [0.717, 1.165) is 16.8 Å². The topological polar surface area (TPSA) is 28.9 Å². The minimum Gasteiger partial charge on any atom is -0.464 e. The van der Waals surface area contributed by atoms with Crippen molar-refractivity contribution in [1.29, 1.82) is 0 Å². The van der Waals surface area contributed by atoms with E-state index in [0.29, 0.717) is 0 Å². The molecule has 3 rings (SSSR count). The first kappa shape index (κ1) is 7.44. The molecule has 14 heavy (non-hydrogen) atoms. The van der Waals surface area contributed by atoms with E-state index < -0.39 is 0 Å². The van der Waals surface area contributed by atoms with Gasteiger partial charge in [0, 0.05) is 22.7 Å². The molecule has 0 aliphatic rings. The Morgan fingerprint density at radius 1 is 1.00 bits per heavy atom. The summed E-state index contributed by atoms with van der Waals surface area (Å²) in [6, 6.07) is 12.1. The second kappa shape index (κ2) is 2.77. The van der Waals surface area contributed by atoms with Crippen LogP contribution in [0.2, 0.25) is 0 Å². The van der Waals surface area contributed by atoms with Gasteiger partial charge < -0.3 is 9.40 Å². The third kappa shape index (κ3) is 0.973. The molecule has 2 heteroatoms. The van der Waals surface area contributed by atoms with Crippen LogP contribution in [0.15, 0.2) is 53.3 Å². The van der Waals surface area contributed by atoms with Crippen molar-refractivity contribution in [1.82, 2.24) is 4.98 Å². The second-order valence-electron chi connectivity index (χ2n) is 3.23. The average molecular weight is 183 g/mol. The third-order valence-corrected chi connectivity index (χ3v) is 2.38. The Labute approximate surface area is 81.2 Å². The number of furan rings is 1. The highest BCUT2D eigenvalue weighted by molar-refractivity contribution is 5.93. The van der Waals surface area contributed by atoms with Gasteiger partial charge in [0.15, 0.2) is 0 Å². The molecule has 1 N–H and O–H groups in total. The zero-order chi connectivity index (χ0) is 9.38. The Kier molecular flexibility index (Phi) is 1.47. The van der Waals surface area contributed by atoms with Crippen molar-refractivity contribution in [3.63, 3.8) is 0 Å². The molecule has 0 saturated carbocycles. The summed E-state index contributed by atoms with van der Waals surface area (Å²) in [7, 11) is 0. The van der Waals surface area contributed by atoms with Gasteiger partial charge >= 0.3 is 0 Å². The maximum Gasteiger partial charge on any atom is 0.135 e. The van der Waals surface area contributed by atoms with Crippen molar-refractivity contribution in [3.05, 3.63) is 48.9 Å². The zero-order valence-corrected chi connectivity index (χ0v) is 7.53. The monoisotopic (exact) mass is 183 g/mol. The summed E-state index contributed by atoms with van der Waals surface area (Å²) in [4.78, 5) is 3.22. The van der Waals surface area contributed by atoms with E-state index in [1.807, 2.05) is 30.5 Å². The lowest BCUT2D eigenvalue weighted by atomic mass is 10.1. The predicted molar refractivity (Wildman–Crippen MR) is 56.0 cm³/mol. The highest BCUT2D eigenvalue weighted by Gasteiger charge is 2.06. The fourth-order valence-corrected chi connectivity index (χ4v) is 1.71. The number of aromatic nitrogens is 1. The molecule has 2 heterocycles. The van der Waals surface area contributed by atoms with Crippen LogP contribution in [0.5, 0.6) is 0 Å². The number of para-hydroxylation sites is 1. The van der Waals surface area contributed by atoms with Crippen LogP contribution in [0.3, 0.4) is 0 Å². The molecule has 0 aliphatic heterocycles. The first-order valence-corrected chi connectivity index (χ1v) is 4.55. The van der Waals surface area contributed by atoms with Gasteiger partial charge in [0.25, 0.3) is 0 Å². The number of hydrogen-bond acceptors (Lipinski definition) is 1. The van der Waals surface area contributed by atoms with Crippen LogP contribution in [0.1, 0.15) is 0 Å². The van der Waals surface area contributed by atoms with Crippen LogP contribution in [0, 0.1) is 0 Å². The van der Waals surface area contributed by atoms with Crippen molar-refractivity contribution in [2.24, 2.45) is 0 Å². The lowest BCUT2D eigenvalue weighted by Gasteiger charge is -1.92. The molecule has 0 aliphatic carbocycles. The lowest BCUT2D eigenvalue weighted by molar-refractivity contribution is 0.583. The first-order chi connectivity index (χ1) is 6.95. The van der Waals surface area contributed by atoms with Crippen molar-refractivity contribution >= 4 is 10.9 Å². The predicted octanol–water partition coefficient (Wildman–Crippen LogP) is 3.43. The van der Waals surface area contributed by atoms with Crippen LogP contribution in [-0.4, -0.2) is 4.98 Å². The number of aromatic amines is 1. The van der Waals surface area contributed by atoms with Crippen LogP contribution in [0.25, 0.3) is 22.2 Å². The molecule has 0 radical (unpaired) electrons. The van der Waals surface area contributed by atoms with Gasteiger partial charge in [-0.25, -0.2) is 0 Å². The first-order valence-electron chi connectivity index (χ1n) is 4.55. The molecule has 68 valence electrons. The van der Waals surface area contributed by atoms with Crippen LogP contribution >= 0.6 is 0 Å². The highest BCUT2D eigenvalue weighted by atomic mass is 16.3.